The van der Waals surface area contributed by atoms with E-state index in [9.17, 15) is 30.0 Å². The van der Waals surface area contributed by atoms with Crippen LogP contribution >= 0.6 is 0 Å². The summed E-state index contributed by atoms with van der Waals surface area (Å²) in [6, 6.07) is 8.01. The predicted molar refractivity (Wildman–Crippen MR) is 92.4 cm³/mol. The lowest BCUT2D eigenvalue weighted by atomic mass is 10.2. The van der Waals surface area contributed by atoms with Gasteiger partial charge in [0, 0.05) is 0 Å². The molecule has 0 aliphatic rings. The van der Waals surface area contributed by atoms with Crippen LogP contribution in [0.25, 0.3) is 6.08 Å². The number of primary sulfonamides is 1. The van der Waals surface area contributed by atoms with Crippen molar-refractivity contribution in [2.24, 2.45) is 5.14 Å². The molecule has 0 aromatic heterocycles. The van der Waals surface area contributed by atoms with E-state index in [0.717, 1.165) is 24.3 Å². The van der Waals surface area contributed by atoms with Gasteiger partial charge in [-0.15, -0.1) is 0 Å². The summed E-state index contributed by atoms with van der Waals surface area (Å²) in [6.07, 6.45) is 1.12. The molecule has 0 aliphatic heterocycles. The van der Waals surface area contributed by atoms with Gasteiger partial charge in [0.15, 0.2) is 0 Å². The van der Waals surface area contributed by atoms with E-state index < -0.39 is 43.1 Å². The van der Waals surface area contributed by atoms with Crippen molar-refractivity contribution in [1.29, 1.82) is 0 Å². The Labute approximate surface area is 153 Å². The van der Waals surface area contributed by atoms with E-state index >= 15 is 0 Å². The molecular formula is C15H13F3N2O5S2. The molecule has 0 aliphatic carbocycles. The van der Waals surface area contributed by atoms with Crippen LogP contribution in [-0.4, -0.2) is 23.4 Å². The minimum Gasteiger partial charge on any atom is -0.435 e. The highest BCUT2D eigenvalue weighted by Crippen LogP contribution is 2.24. The summed E-state index contributed by atoms with van der Waals surface area (Å²) in [5.74, 6) is -1.32. The summed E-state index contributed by atoms with van der Waals surface area (Å²) in [5.41, 5.74) is -0.226. The van der Waals surface area contributed by atoms with Crippen molar-refractivity contribution in [2.75, 3.05) is 4.72 Å². The highest BCUT2D eigenvalue weighted by atomic mass is 32.2. The zero-order valence-corrected chi connectivity index (χ0v) is 15.0. The lowest BCUT2D eigenvalue weighted by molar-refractivity contribution is -0.0498. The molecule has 3 N–H and O–H groups in total. The Kier molecular flexibility index (Phi) is 6.13. The molecule has 0 bridgehead atoms. The second-order valence-corrected chi connectivity index (χ2v) is 8.12. The monoisotopic (exact) mass is 422 g/mol. The van der Waals surface area contributed by atoms with Crippen LogP contribution in [0, 0.1) is 5.82 Å². The largest absolute Gasteiger partial charge is 0.435 e. The third-order valence-electron chi connectivity index (χ3n) is 3.05. The summed E-state index contributed by atoms with van der Waals surface area (Å²) in [5, 5.41) is 5.59. The Hall–Kier alpha value is -2.57. The van der Waals surface area contributed by atoms with Gasteiger partial charge in [-0.1, -0.05) is 18.2 Å². The molecule has 146 valence electrons. The van der Waals surface area contributed by atoms with Crippen molar-refractivity contribution in [3.8, 4) is 5.75 Å². The van der Waals surface area contributed by atoms with Crippen LogP contribution in [0.5, 0.6) is 5.75 Å². The van der Waals surface area contributed by atoms with Crippen LogP contribution in [0.4, 0.5) is 18.9 Å². The predicted octanol–water partition coefficient (Wildman–Crippen LogP) is 2.49. The Morgan fingerprint density at radius 1 is 1.04 bits per heavy atom. The standard InChI is InChI=1S/C15H13F3N2O5S2/c16-12-2-1-3-13(14(12)27(19,23)24)20-26(21,22)9-8-10-4-6-11(7-5-10)25-15(17)18/h1-9,15,20H,(H2,19,23,24)/b9-8+. The van der Waals surface area contributed by atoms with Crippen molar-refractivity contribution >= 4 is 31.8 Å². The molecule has 0 fully saturated rings. The van der Waals surface area contributed by atoms with Gasteiger partial charge < -0.3 is 4.74 Å². The van der Waals surface area contributed by atoms with Crippen LogP contribution in [0.15, 0.2) is 52.8 Å². The molecule has 0 unspecified atom stereocenters. The molecule has 0 amide bonds. The number of hydrogen-bond acceptors (Lipinski definition) is 5. The fraction of sp³-hybridized carbons (Fsp3) is 0.0667. The third kappa shape index (κ3) is 5.98. The van der Waals surface area contributed by atoms with E-state index in [1.807, 2.05) is 4.72 Å². The second-order valence-electron chi connectivity index (χ2n) is 5.06. The van der Waals surface area contributed by atoms with E-state index in [0.29, 0.717) is 11.0 Å². The number of ether oxygens (including phenoxy) is 1. The van der Waals surface area contributed by atoms with Crippen molar-refractivity contribution < 1.29 is 34.7 Å². The topological polar surface area (TPSA) is 116 Å². The lowest BCUT2D eigenvalue weighted by Crippen LogP contribution is -2.19. The van der Waals surface area contributed by atoms with Gasteiger partial charge >= 0.3 is 6.61 Å². The van der Waals surface area contributed by atoms with Crippen molar-refractivity contribution in [3.05, 3.63) is 59.3 Å². The molecule has 12 heteroatoms. The Balaban J connectivity index is 2.23. The quantitative estimate of drug-likeness (QED) is 0.711. The first kappa shape index (κ1) is 20.7. The molecule has 2 rings (SSSR count). The Bertz CT molecular complexity index is 1050. The molecule has 2 aromatic rings. The average molecular weight is 422 g/mol. The Morgan fingerprint density at radius 2 is 1.67 bits per heavy atom. The van der Waals surface area contributed by atoms with Crippen molar-refractivity contribution in [1.82, 2.24) is 0 Å². The van der Waals surface area contributed by atoms with Gasteiger partial charge in [0.05, 0.1) is 11.1 Å². The van der Waals surface area contributed by atoms with Gasteiger partial charge in [-0.05, 0) is 35.9 Å². The zero-order chi connectivity index (χ0) is 20.2. The zero-order valence-electron chi connectivity index (χ0n) is 13.3. The fourth-order valence-corrected chi connectivity index (χ4v) is 3.71. The number of anilines is 1. The van der Waals surface area contributed by atoms with E-state index in [-0.39, 0.29) is 5.75 Å². The summed E-state index contributed by atoms with van der Waals surface area (Å²) < 4.78 is 91.1. The number of sulfonamides is 2. The van der Waals surface area contributed by atoms with Crippen LogP contribution in [0.2, 0.25) is 0 Å². The van der Waals surface area contributed by atoms with E-state index in [1.54, 1.807) is 0 Å². The first-order valence-corrected chi connectivity index (χ1v) is 10.1. The average Bonchev–Trinajstić information content (AvgIpc) is 2.52. The normalized spacial score (nSPS) is 12.5. The third-order valence-corrected chi connectivity index (χ3v) is 5.03. The number of halogens is 3. The number of hydrogen-bond donors (Lipinski definition) is 2. The van der Waals surface area contributed by atoms with Crippen LogP contribution < -0.4 is 14.6 Å². The SMILES string of the molecule is NS(=O)(=O)c1c(F)cccc1NS(=O)(=O)/C=C/c1ccc(OC(F)F)cc1. The molecule has 0 saturated carbocycles. The van der Waals surface area contributed by atoms with Crippen LogP contribution in [0.1, 0.15) is 5.56 Å². The van der Waals surface area contributed by atoms with Gasteiger partial charge in [-0.2, -0.15) is 8.78 Å². The molecule has 2 aromatic carbocycles. The van der Waals surface area contributed by atoms with Gasteiger partial charge in [0.25, 0.3) is 10.0 Å². The minimum atomic E-state index is -4.52. The minimum absolute atomic E-state index is 0.110. The molecule has 27 heavy (non-hydrogen) atoms. The molecule has 0 heterocycles. The maximum absolute atomic E-state index is 13.7. The van der Waals surface area contributed by atoms with E-state index in [1.165, 1.54) is 24.3 Å². The van der Waals surface area contributed by atoms with Gasteiger partial charge in [-0.3, -0.25) is 4.72 Å². The first-order chi connectivity index (χ1) is 12.5. The number of alkyl halides is 2. The second kappa shape index (κ2) is 7.98. The fourth-order valence-electron chi connectivity index (χ4n) is 1.99. The Morgan fingerprint density at radius 3 is 2.22 bits per heavy atom. The maximum Gasteiger partial charge on any atom is 0.387 e. The van der Waals surface area contributed by atoms with E-state index in [2.05, 4.69) is 4.74 Å². The molecule has 0 spiro atoms. The summed E-state index contributed by atoms with van der Waals surface area (Å²) in [7, 11) is -8.75. The van der Waals surface area contributed by atoms with Crippen molar-refractivity contribution in [2.45, 2.75) is 11.5 Å². The number of nitrogens with two attached hydrogens (primary N) is 1. The number of nitrogens with one attached hydrogen (secondary N) is 1. The van der Waals surface area contributed by atoms with Crippen molar-refractivity contribution in [3.63, 3.8) is 0 Å². The smallest absolute Gasteiger partial charge is 0.387 e. The van der Waals surface area contributed by atoms with Gasteiger partial charge in [0.1, 0.15) is 16.5 Å². The maximum atomic E-state index is 13.7. The molecule has 0 atom stereocenters. The van der Waals surface area contributed by atoms with E-state index in [4.69, 9.17) is 5.14 Å². The summed E-state index contributed by atoms with van der Waals surface area (Å²) >= 11 is 0. The van der Waals surface area contributed by atoms with Gasteiger partial charge in [-0.25, -0.2) is 26.4 Å². The van der Waals surface area contributed by atoms with Gasteiger partial charge in [0.2, 0.25) is 10.0 Å². The highest BCUT2D eigenvalue weighted by molar-refractivity contribution is 7.95. The lowest BCUT2D eigenvalue weighted by Gasteiger charge is -2.10. The molecule has 7 nitrogen and oxygen atoms in total. The summed E-state index contributed by atoms with van der Waals surface area (Å²) in [6.45, 7) is -2.99. The number of rotatable bonds is 7. The summed E-state index contributed by atoms with van der Waals surface area (Å²) in [4.78, 5) is -0.990. The molecule has 0 saturated heterocycles. The number of benzene rings is 2. The first-order valence-electron chi connectivity index (χ1n) is 7.05. The molecular weight excluding hydrogens is 409 g/mol. The van der Waals surface area contributed by atoms with Crippen LogP contribution in [0.3, 0.4) is 0 Å². The highest BCUT2D eigenvalue weighted by Gasteiger charge is 2.21. The molecule has 0 radical (unpaired) electrons. The van der Waals surface area contributed by atoms with Crippen LogP contribution in [-0.2, 0) is 20.0 Å².